The molecule has 4 rings (SSSR count). The van der Waals surface area contributed by atoms with Crippen molar-refractivity contribution in [3.05, 3.63) is 78.8 Å². The van der Waals surface area contributed by atoms with E-state index in [2.05, 4.69) is 15.3 Å². The van der Waals surface area contributed by atoms with Crippen LogP contribution in [0.5, 0.6) is 0 Å². The van der Waals surface area contributed by atoms with Gasteiger partial charge in [-0.05, 0) is 29.7 Å². The van der Waals surface area contributed by atoms with Gasteiger partial charge in [0.25, 0.3) is 5.91 Å². The largest absolute Gasteiger partial charge is 0.320 e. The quantitative estimate of drug-likeness (QED) is 0.608. The van der Waals surface area contributed by atoms with E-state index in [1.54, 1.807) is 24.7 Å². The minimum Gasteiger partial charge on any atom is -0.320 e. The fourth-order valence-corrected chi connectivity index (χ4v) is 2.71. The van der Waals surface area contributed by atoms with E-state index in [0.29, 0.717) is 11.3 Å². The maximum Gasteiger partial charge on any atom is 0.256 e. The van der Waals surface area contributed by atoms with Crippen LogP contribution in [-0.2, 0) is 0 Å². The second kappa shape index (κ2) is 5.50. The number of anilines is 1. The molecule has 0 unspecified atom stereocenters. The van der Waals surface area contributed by atoms with Crippen molar-refractivity contribution in [3.63, 3.8) is 0 Å². The Labute approximate surface area is 132 Å². The van der Waals surface area contributed by atoms with Crippen LogP contribution >= 0.6 is 0 Å². The summed E-state index contributed by atoms with van der Waals surface area (Å²) in [4.78, 5) is 21.2. The van der Waals surface area contributed by atoms with Gasteiger partial charge >= 0.3 is 0 Å². The van der Waals surface area contributed by atoms with Gasteiger partial charge in [-0.1, -0.05) is 30.3 Å². The molecule has 0 fully saturated rings. The highest BCUT2D eigenvalue weighted by Gasteiger charge is 2.12. The first-order valence-corrected chi connectivity index (χ1v) is 7.31. The van der Waals surface area contributed by atoms with E-state index >= 15 is 0 Å². The molecular weight excluding hydrogens is 286 g/mol. The smallest absolute Gasteiger partial charge is 0.256 e. The Morgan fingerprint density at radius 2 is 1.70 bits per heavy atom. The summed E-state index contributed by atoms with van der Waals surface area (Å²) in [5.74, 6) is -0.165. The first-order valence-electron chi connectivity index (χ1n) is 7.31. The van der Waals surface area contributed by atoms with Gasteiger partial charge in [0.1, 0.15) is 0 Å². The number of amides is 1. The first kappa shape index (κ1) is 13.4. The fourth-order valence-electron chi connectivity index (χ4n) is 2.71. The van der Waals surface area contributed by atoms with E-state index in [0.717, 1.165) is 21.7 Å². The lowest BCUT2D eigenvalue weighted by Gasteiger charge is -2.09. The van der Waals surface area contributed by atoms with Crippen LogP contribution in [0.1, 0.15) is 10.4 Å². The van der Waals surface area contributed by atoms with Gasteiger partial charge in [-0.15, -0.1) is 0 Å². The normalized spacial score (nSPS) is 10.8. The Morgan fingerprint density at radius 1 is 0.870 bits per heavy atom. The second-order valence-electron chi connectivity index (χ2n) is 5.24. The van der Waals surface area contributed by atoms with Crippen molar-refractivity contribution < 1.29 is 4.79 Å². The Morgan fingerprint density at radius 3 is 2.65 bits per heavy atom. The van der Waals surface area contributed by atoms with Crippen LogP contribution < -0.4 is 5.32 Å². The van der Waals surface area contributed by atoms with Crippen LogP contribution in [0.25, 0.3) is 21.7 Å². The zero-order valence-electron chi connectivity index (χ0n) is 12.2. The van der Waals surface area contributed by atoms with Gasteiger partial charge in [-0.25, -0.2) is 0 Å². The molecule has 4 aromatic rings. The molecular formula is C19H13N3O. The summed E-state index contributed by atoms with van der Waals surface area (Å²) in [6.45, 7) is 0. The number of hydrogen-bond donors (Lipinski definition) is 1. The zero-order valence-corrected chi connectivity index (χ0v) is 12.2. The van der Waals surface area contributed by atoms with E-state index in [1.165, 1.54) is 0 Å². The number of benzene rings is 2. The molecule has 0 saturated carbocycles. The monoisotopic (exact) mass is 299 g/mol. The highest BCUT2D eigenvalue weighted by molar-refractivity contribution is 6.14. The van der Waals surface area contributed by atoms with Crippen molar-refractivity contribution in [3.8, 4) is 0 Å². The van der Waals surface area contributed by atoms with Crippen LogP contribution in [0.3, 0.4) is 0 Å². The summed E-state index contributed by atoms with van der Waals surface area (Å²) >= 11 is 0. The van der Waals surface area contributed by atoms with E-state index in [1.807, 2.05) is 48.5 Å². The summed E-state index contributed by atoms with van der Waals surface area (Å²) in [5, 5.41) is 5.78. The molecule has 4 heteroatoms. The van der Waals surface area contributed by atoms with Gasteiger partial charge in [0.2, 0.25) is 0 Å². The predicted molar refractivity (Wildman–Crippen MR) is 91.4 cm³/mol. The van der Waals surface area contributed by atoms with E-state index in [9.17, 15) is 4.79 Å². The standard InChI is InChI=1S/C19H13N3O/c23-19(15-7-1-4-13-9-11-20-12-16(13)15)22-17-8-2-5-14-6-3-10-21-18(14)17/h1-12H,(H,22,23). The Balaban J connectivity index is 1.77. The van der Waals surface area contributed by atoms with E-state index in [4.69, 9.17) is 0 Å². The van der Waals surface area contributed by atoms with Gasteiger partial charge in [-0.2, -0.15) is 0 Å². The van der Waals surface area contributed by atoms with Crippen molar-refractivity contribution in [1.29, 1.82) is 0 Å². The Bertz CT molecular complexity index is 1020. The van der Waals surface area contributed by atoms with Gasteiger partial charge in [0, 0.05) is 34.9 Å². The molecule has 0 aliphatic heterocycles. The number of aromatic nitrogens is 2. The van der Waals surface area contributed by atoms with Crippen molar-refractivity contribution >= 4 is 33.3 Å². The maximum absolute atomic E-state index is 12.7. The number of rotatable bonds is 2. The van der Waals surface area contributed by atoms with Gasteiger partial charge < -0.3 is 5.32 Å². The highest BCUT2D eigenvalue weighted by Crippen LogP contribution is 2.23. The van der Waals surface area contributed by atoms with Crippen molar-refractivity contribution in [2.75, 3.05) is 5.32 Å². The van der Waals surface area contributed by atoms with Crippen LogP contribution in [0, 0.1) is 0 Å². The zero-order chi connectivity index (χ0) is 15.6. The summed E-state index contributed by atoms with van der Waals surface area (Å²) in [5.41, 5.74) is 2.08. The lowest BCUT2D eigenvalue weighted by Crippen LogP contribution is -2.13. The molecule has 2 aromatic heterocycles. The third kappa shape index (κ3) is 2.40. The first-order chi connectivity index (χ1) is 11.3. The molecule has 0 bridgehead atoms. The number of fused-ring (bicyclic) bond motifs is 2. The number of nitrogens with zero attached hydrogens (tertiary/aromatic N) is 2. The lowest BCUT2D eigenvalue weighted by atomic mass is 10.1. The number of pyridine rings is 2. The van der Waals surface area contributed by atoms with Gasteiger partial charge in [-0.3, -0.25) is 14.8 Å². The molecule has 2 aromatic carbocycles. The molecule has 23 heavy (non-hydrogen) atoms. The third-order valence-corrected chi connectivity index (χ3v) is 3.81. The molecule has 1 amide bonds. The molecule has 110 valence electrons. The topological polar surface area (TPSA) is 54.9 Å². The summed E-state index contributed by atoms with van der Waals surface area (Å²) in [6, 6.07) is 17.1. The third-order valence-electron chi connectivity index (χ3n) is 3.81. The minimum absolute atomic E-state index is 0.165. The molecule has 2 heterocycles. The molecule has 0 radical (unpaired) electrons. The lowest BCUT2D eigenvalue weighted by molar-refractivity contribution is 0.102. The molecule has 1 N–H and O–H groups in total. The number of carbonyl (C=O) groups excluding carboxylic acids is 1. The number of nitrogens with one attached hydrogen (secondary N) is 1. The van der Waals surface area contributed by atoms with Crippen molar-refractivity contribution in [2.24, 2.45) is 0 Å². The maximum atomic E-state index is 12.7. The molecule has 4 nitrogen and oxygen atoms in total. The second-order valence-corrected chi connectivity index (χ2v) is 5.24. The molecule has 0 spiro atoms. The predicted octanol–water partition coefficient (Wildman–Crippen LogP) is 4.04. The number of para-hydroxylation sites is 1. The minimum atomic E-state index is -0.165. The average molecular weight is 299 g/mol. The summed E-state index contributed by atoms with van der Waals surface area (Å²) in [7, 11) is 0. The van der Waals surface area contributed by atoms with Crippen LogP contribution in [0.15, 0.2) is 73.2 Å². The number of carbonyl (C=O) groups is 1. The summed E-state index contributed by atoms with van der Waals surface area (Å²) < 4.78 is 0. The fraction of sp³-hybridized carbons (Fsp3) is 0. The molecule has 0 aliphatic carbocycles. The SMILES string of the molecule is O=C(Nc1cccc2cccnc12)c1cccc2ccncc12. The Hall–Kier alpha value is -3.27. The van der Waals surface area contributed by atoms with Gasteiger partial charge in [0.05, 0.1) is 11.2 Å². The highest BCUT2D eigenvalue weighted by atomic mass is 16.1. The molecule has 0 saturated heterocycles. The van der Waals surface area contributed by atoms with E-state index in [-0.39, 0.29) is 5.91 Å². The van der Waals surface area contributed by atoms with Crippen LogP contribution in [0.4, 0.5) is 5.69 Å². The van der Waals surface area contributed by atoms with Crippen LogP contribution in [0.2, 0.25) is 0 Å². The van der Waals surface area contributed by atoms with Crippen molar-refractivity contribution in [1.82, 2.24) is 9.97 Å². The summed E-state index contributed by atoms with van der Waals surface area (Å²) in [6.07, 6.45) is 5.16. The van der Waals surface area contributed by atoms with Gasteiger partial charge in [0.15, 0.2) is 0 Å². The van der Waals surface area contributed by atoms with Crippen LogP contribution in [-0.4, -0.2) is 15.9 Å². The molecule has 0 aliphatic rings. The molecule has 0 atom stereocenters. The van der Waals surface area contributed by atoms with E-state index < -0.39 is 0 Å². The van der Waals surface area contributed by atoms with Crippen molar-refractivity contribution in [2.45, 2.75) is 0 Å². The average Bonchev–Trinajstić information content (AvgIpc) is 2.61. The Kier molecular flexibility index (Phi) is 3.20. The number of hydrogen-bond acceptors (Lipinski definition) is 3.